The standard InChI is InChI=1S/C17H26ClN3/c1-11(2)15(10-20(5)6)21-14-9-7-8-12(3)16(14)19-17(21)13(4)18/h7-9,11,13,15H,10H2,1-6H3. The van der Waals surface area contributed by atoms with E-state index in [1.54, 1.807) is 0 Å². The molecule has 21 heavy (non-hydrogen) atoms. The molecule has 0 N–H and O–H groups in total. The number of para-hydroxylation sites is 1. The van der Waals surface area contributed by atoms with Crippen LogP contribution in [0.1, 0.15) is 43.6 Å². The van der Waals surface area contributed by atoms with Crippen molar-refractivity contribution in [2.24, 2.45) is 5.92 Å². The van der Waals surface area contributed by atoms with Crippen molar-refractivity contribution in [3.05, 3.63) is 29.6 Å². The third kappa shape index (κ3) is 3.24. The zero-order valence-electron chi connectivity index (χ0n) is 13.9. The lowest BCUT2D eigenvalue weighted by Gasteiger charge is -2.28. The molecule has 0 bridgehead atoms. The number of aromatic nitrogens is 2. The number of aryl methyl sites for hydroxylation is 1. The van der Waals surface area contributed by atoms with Gasteiger partial charge in [0, 0.05) is 6.54 Å². The molecule has 116 valence electrons. The summed E-state index contributed by atoms with van der Waals surface area (Å²) in [4.78, 5) is 7.07. The van der Waals surface area contributed by atoms with Crippen LogP contribution in [0, 0.1) is 12.8 Å². The first-order valence-corrected chi connectivity index (χ1v) is 8.02. The summed E-state index contributed by atoms with van der Waals surface area (Å²) >= 11 is 6.42. The van der Waals surface area contributed by atoms with E-state index in [4.69, 9.17) is 16.6 Å². The minimum absolute atomic E-state index is 0.0970. The zero-order valence-corrected chi connectivity index (χ0v) is 14.6. The number of hydrogen-bond acceptors (Lipinski definition) is 2. The summed E-state index contributed by atoms with van der Waals surface area (Å²) in [5, 5.41) is -0.0970. The van der Waals surface area contributed by atoms with Gasteiger partial charge in [-0.3, -0.25) is 0 Å². The molecule has 0 fully saturated rings. The highest BCUT2D eigenvalue weighted by Crippen LogP contribution is 2.32. The zero-order chi connectivity index (χ0) is 15.7. The van der Waals surface area contributed by atoms with Crippen LogP contribution in [0.4, 0.5) is 0 Å². The second kappa shape index (κ2) is 6.37. The molecular formula is C17H26ClN3. The number of hydrogen-bond donors (Lipinski definition) is 0. The lowest BCUT2D eigenvalue weighted by atomic mass is 10.0. The van der Waals surface area contributed by atoms with Gasteiger partial charge in [0.25, 0.3) is 0 Å². The molecule has 4 heteroatoms. The lowest BCUT2D eigenvalue weighted by molar-refractivity contribution is 0.269. The predicted octanol–water partition coefficient (Wildman–Crippen LogP) is 4.40. The van der Waals surface area contributed by atoms with Crippen molar-refractivity contribution in [1.82, 2.24) is 14.5 Å². The van der Waals surface area contributed by atoms with Gasteiger partial charge < -0.3 is 9.47 Å². The fraction of sp³-hybridized carbons (Fsp3) is 0.588. The minimum atomic E-state index is -0.0970. The topological polar surface area (TPSA) is 21.1 Å². The van der Waals surface area contributed by atoms with Crippen molar-refractivity contribution in [2.75, 3.05) is 20.6 Å². The summed E-state index contributed by atoms with van der Waals surface area (Å²) in [5.41, 5.74) is 3.47. The van der Waals surface area contributed by atoms with Crippen LogP contribution in [-0.4, -0.2) is 35.1 Å². The van der Waals surface area contributed by atoms with Gasteiger partial charge in [0.05, 0.1) is 22.5 Å². The summed E-state index contributed by atoms with van der Waals surface area (Å²) in [7, 11) is 4.23. The van der Waals surface area contributed by atoms with Gasteiger partial charge in [0.15, 0.2) is 0 Å². The Morgan fingerprint density at radius 2 is 1.90 bits per heavy atom. The average Bonchev–Trinajstić information content (AvgIpc) is 2.76. The first-order chi connectivity index (χ1) is 9.82. The summed E-state index contributed by atoms with van der Waals surface area (Å²) in [6.07, 6.45) is 0. The highest BCUT2D eigenvalue weighted by molar-refractivity contribution is 6.20. The number of nitrogens with zero attached hydrogens (tertiary/aromatic N) is 3. The molecule has 2 atom stereocenters. The van der Waals surface area contributed by atoms with E-state index in [1.165, 1.54) is 11.1 Å². The minimum Gasteiger partial charge on any atom is -0.322 e. The van der Waals surface area contributed by atoms with Crippen molar-refractivity contribution in [3.63, 3.8) is 0 Å². The number of rotatable bonds is 5. The molecule has 0 saturated carbocycles. The van der Waals surface area contributed by atoms with E-state index >= 15 is 0 Å². The quantitative estimate of drug-likeness (QED) is 0.763. The maximum absolute atomic E-state index is 6.42. The molecule has 1 aromatic carbocycles. The molecule has 0 spiro atoms. The lowest BCUT2D eigenvalue weighted by Crippen LogP contribution is -2.29. The van der Waals surface area contributed by atoms with Crippen molar-refractivity contribution in [2.45, 2.75) is 39.1 Å². The van der Waals surface area contributed by atoms with Gasteiger partial charge in [-0.2, -0.15) is 0 Å². The molecule has 1 aromatic heterocycles. The first kappa shape index (κ1) is 16.3. The van der Waals surface area contributed by atoms with E-state index in [0.29, 0.717) is 12.0 Å². The fourth-order valence-electron chi connectivity index (χ4n) is 2.87. The molecule has 2 rings (SSSR count). The monoisotopic (exact) mass is 307 g/mol. The Labute approximate surface area is 132 Å². The van der Waals surface area contributed by atoms with Crippen molar-refractivity contribution >= 4 is 22.6 Å². The van der Waals surface area contributed by atoms with Gasteiger partial charge in [-0.1, -0.05) is 26.0 Å². The summed E-state index contributed by atoms with van der Waals surface area (Å²) in [6.45, 7) is 9.62. The van der Waals surface area contributed by atoms with Gasteiger partial charge in [-0.25, -0.2) is 4.98 Å². The smallest absolute Gasteiger partial charge is 0.128 e. The molecule has 0 aliphatic heterocycles. The van der Waals surface area contributed by atoms with Gasteiger partial charge in [0.2, 0.25) is 0 Å². The second-order valence-corrected chi connectivity index (χ2v) is 7.13. The van der Waals surface area contributed by atoms with Crippen molar-refractivity contribution in [1.29, 1.82) is 0 Å². The fourth-order valence-corrected chi connectivity index (χ4v) is 3.02. The van der Waals surface area contributed by atoms with Crippen LogP contribution in [0.3, 0.4) is 0 Å². The van der Waals surface area contributed by atoms with E-state index in [0.717, 1.165) is 17.9 Å². The molecule has 0 radical (unpaired) electrons. The van der Waals surface area contributed by atoms with Crippen LogP contribution in [0.25, 0.3) is 11.0 Å². The molecule has 3 nitrogen and oxygen atoms in total. The van der Waals surface area contributed by atoms with Crippen molar-refractivity contribution < 1.29 is 0 Å². The predicted molar refractivity (Wildman–Crippen MR) is 91.2 cm³/mol. The number of fused-ring (bicyclic) bond motifs is 1. The third-order valence-corrected chi connectivity index (χ3v) is 4.15. The second-order valence-electron chi connectivity index (χ2n) is 6.47. The summed E-state index contributed by atoms with van der Waals surface area (Å²) in [6, 6.07) is 6.73. The molecule has 0 saturated heterocycles. The number of benzene rings is 1. The summed E-state index contributed by atoms with van der Waals surface area (Å²) in [5.74, 6) is 1.49. The Bertz CT molecular complexity index is 614. The molecule has 0 aliphatic rings. The van der Waals surface area contributed by atoms with Crippen LogP contribution in [0.5, 0.6) is 0 Å². The van der Waals surface area contributed by atoms with E-state index in [9.17, 15) is 0 Å². The van der Waals surface area contributed by atoms with Crippen LogP contribution in [-0.2, 0) is 0 Å². The number of halogens is 1. The maximum Gasteiger partial charge on any atom is 0.128 e. The normalized spacial score (nSPS) is 15.1. The molecular weight excluding hydrogens is 282 g/mol. The Balaban J connectivity index is 2.69. The van der Waals surface area contributed by atoms with E-state index in [1.807, 2.05) is 6.92 Å². The SMILES string of the molecule is Cc1cccc2c1nc(C(C)Cl)n2C(CN(C)C)C(C)C. The highest BCUT2D eigenvalue weighted by atomic mass is 35.5. The van der Waals surface area contributed by atoms with E-state index < -0.39 is 0 Å². The van der Waals surface area contributed by atoms with Crippen molar-refractivity contribution in [3.8, 4) is 0 Å². The van der Waals surface area contributed by atoms with E-state index in [2.05, 4.69) is 62.5 Å². The van der Waals surface area contributed by atoms with Crippen LogP contribution in [0.15, 0.2) is 18.2 Å². The summed E-state index contributed by atoms with van der Waals surface area (Å²) < 4.78 is 2.35. The number of alkyl halides is 1. The largest absolute Gasteiger partial charge is 0.322 e. The molecule has 0 aliphatic carbocycles. The Morgan fingerprint density at radius 3 is 2.43 bits per heavy atom. The molecule has 1 heterocycles. The molecule has 2 aromatic rings. The van der Waals surface area contributed by atoms with Gasteiger partial charge >= 0.3 is 0 Å². The maximum atomic E-state index is 6.42. The Morgan fingerprint density at radius 1 is 1.24 bits per heavy atom. The Kier molecular flexibility index (Phi) is 4.95. The van der Waals surface area contributed by atoms with E-state index in [-0.39, 0.29) is 5.38 Å². The van der Waals surface area contributed by atoms with Gasteiger partial charge in [0.1, 0.15) is 5.82 Å². The third-order valence-electron chi connectivity index (χ3n) is 3.96. The number of likely N-dealkylation sites (N-methyl/N-ethyl adjacent to an activating group) is 1. The average molecular weight is 308 g/mol. The van der Waals surface area contributed by atoms with Crippen LogP contribution < -0.4 is 0 Å². The molecule has 2 unspecified atom stereocenters. The van der Waals surface area contributed by atoms with Gasteiger partial charge in [-0.05, 0) is 45.5 Å². The molecule has 0 amide bonds. The number of imidazole rings is 1. The van der Waals surface area contributed by atoms with Gasteiger partial charge in [-0.15, -0.1) is 11.6 Å². The van der Waals surface area contributed by atoms with Crippen LogP contribution in [0.2, 0.25) is 0 Å². The Hall–Kier alpha value is -1.06. The highest BCUT2D eigenvalue weighted by Gasteiger charge is 2.25. The first-order valence-electron chi connectivity index (χ1n) is 7.59. The van der Waals surface area contributed by atoms with Crippen LogP contribution >= 0.6 is 11.6 Å².